The molecule has 1 amide bonds. The molecule has 1 fully saturated rings. The van der Waals surface area contributed by atoms with E-state index in [1.54, 1.807) is 23.1 Å². The molecule has 1 aliphatic heterocycles. The van der Waals surface area contributed by atoms with E-state index >= 15 is 0 Å². The largest absolute Gasteiger partial charge is 0.481 e. The van der Waals surface area contributed by atoms with Crippen molar-refractivity contribution >= 4 is 35.1 Å². The lowest BCUT2D eigenvalue weighted by Crippen LogP contribution is -2.39. The smallest absolute Gasteiger partial charge is 0.303 e. The molecule has 0 unspecified atom stereocenters. The highest BCUT2D eigenvalue weighted by Crippen LogP contribution is 2.24. The molecule has 1 aliphatic rings. The molecule has 1 N–H and O–H groups in total. The van der Waals surface area contributed by atoms with Gasteiger partial charge in [0, 0.05) is 19.5 Å². The van der Waals surface area contributed by atoms with E-state index in [1.165, 1.54) is 0 Å². The lowest BCUT2D eigenvalue weighted by atomic mass is 9.93. The number of carbonyl (C=O) groups is 2. The van der Waals surface area contributed by atoms with Gasteiger partial charge >= 0.3 is 5.97 Å². The quantitative estimate of drug-likeness (QED) is 0.922. The van der Waals surface area contributed by atoms with Crippen LogP contribution in [0.5, 0.6) is 0 Å². The first-order valence-electron chi connectivity index (χ1n) is 6.89. The molecule has 1 aromatic rings. The van der Waals surface area contributed by atoms with Crippen molar-refractivity contribution in [3.8, 4) is 0 Å². The molecular weight excluding hydrogens is 313 g/mol. The predicted molar refractivity (Wildman–Crippen MR) is 81.7 cm³/mol. The third-order valence-corrected chi connectivity index (χ3v) is 4.51. The van der Waals surface area contributed by atoms with Gasteiger partial charge in [-0.1, -0.05) is 29.3 Å². The summed E-state index contributed by atoms with van der Waals surface area (Å²) in [6, 6.07) is 5.19. The van der Waals surface area contributed by atoms with Gasteiger partial charge in [0.2, 0.25) is 5.91 Å². The Labute approximate surface area is 133 Å². The van der Waals surface area contributed by atoms with Crippen molar-refractivity contribution in [3.63, 3.8) is 0 Å². The first kappa shape index (κ1) is 16.1. The number of rotatable bonds is 4. The average molecular weight is 330 g/mol. The molecule has 1 heterocycles. The summed E-state index contributed by atoms with van der Waals surface area (Å²) in [5.74, 6) is -0.547. The zero-order valence-electron chi connectivity index (χ0n) is 11.5. The fourth-order valence-electron chi connectivity index (χ4n) is 2.57. The number of carboxylic acids is 1. The first-order valence-corrected chi connectivity index (χ1v) is 7.65. The van der Waals surface area contributed by atoms with Gasteiger partial charge in [-0.15, -0.1) is 0 Å². The Kier molecular flexibility index (Phi) is 5.48. The molecule has 0 spiro atoms. The number of benzene rings is 1. The van der Waals surface area contributed by atoms with Crippen LogP contribution >= 0.6 is 23.2 Å². The summed E-state index contributed by atoms with van der Waals surface area (Å²) in [5, 5.41) is 9.70. The maximum absolute atomic E-state index is 12.2. The normalized spacial score (nSPS) is 16.0. The predicted octanol–water partition coefficient (Wildman–Crippen LogP) is 3.25. The van der Waals surface area contributed by atoms with Gasteiger partial charge in [-0.3, -0.25) is 9.59 Å². The number of aliphatic carboxylic acids is 1. The lowest BCUT2D eigenvalue weighted by molar-refractivity contribution is -0.138. The van der Waals surface area contributed by atoms with Crippen LogP contribution in [0.3, 0.4) is 0 Å². The Morgan fingerprint density at radius 3 is 2.43 bits per heavy atom. The molecule has 4 nitrogen and oxygen atoms in total. The van der Waals surface area contributed by atoms with Crippen LogP contribution in [0.1, 0.15) is 24.8 Å². The third-order valence-electron chi connectivity index (χ3n) is 3.77. The van der Waals surface area contributed by atoms with Crippen molar-refractivity contribution < 1.29 is 14.7 Å². The van der Waals surface area contributed by atoms with E-state index in [0.717, 1.165) is 18.4 Å². The Bertz CT molecular complexity index is 540. The fourth-order valence-corrected chi connectivity index (χ4v) is 2.89. The van der Waals surface area contributed by atoms with E-state index in [4.69, 9.17) is 28.3 Å². The zero-order valence-corrected chi connectivity index (χ0v) is 13.0. The number of carboxylic acid groups (broad SMARTS) is 1. The minimum atomic E-state index is -0.768. The topological polar surface area (TPSA) is 57.6 Å². The van der Waals surface area contributed by atoms with Gasteiger partial charge in [0.05, 0.1) is 16.5 Å². The number of piperidine rings is 1. The number of likely N-dealkylation sites (tertiary alicyclic amines) is 1. The molecular formula is C15H17Cl2NO3. The van der Waals surface area contributed by atoms with Crippen molar-refractivity contribution in [2.45, 2.75) is 25.7 Å². The molecule has 0 aromatic heterocycles. The Balaban J connectivity index is 1.87. The molecule has 0 radical (unpaired) electrons. The summed E-state index contributed by atoms with van der Waals surface area (Å²) in [6.45, 7) is 1.25. The summed E-state index contributed by atoms with van der Waals surface area (Å²) in [5.41, 5.74) is 0.835. The molecule has 2 rings (SSSR count). The number of hydrogen-bond donors (Lipinski definition) is 1. The summed E-state index contributed by atoms with van der Waals surface area (Å²) in [4.78, 5) is 24.7. The second-order valence-electron chi connectivity index (χ2n) is 5.35. The van der Waals surface area contributed by atoms with Crippen LogP contribution in [-0.2, 0) is 16.0 Å². The van der Waals surface area contributed by atoms with Crippen molar-refractivity contribution in [1.29, 1.82) is 0 Å². The van der Waals surface area contributed by atoms with E-state index in [-0.39, 0.29) is 18.2 Å². The molecule has 114 valence electrons. The molecule has 0 saturated carbocycles. The summed E-state index contributed by atoms with van der Waals surface area (Å²) >= 11 is 11.8. The van der Waals surface area contributed by atoms with Crippen LogP contribution in [0.4, 0.5) is 0 Å². The lowest BCUT2D eigenvalue weighted by Gasteiger charge is -2.31. The van der Waals surface area contributed by atoms with Gasteiger partial charge in [-0.05, 0) is 36.5 Å². The molecule has 21 heavy (non-hydrogen) atoms. The van der Waals surface area contributed by atoms with E-state index in [2.05, 4.69) is 0 Å². The third kappa shape index (κ3) is 4.61. The SMILES string of the molecule is O=C(O)CC1CCN(C(=O)Cc2ccc(Cl)c(Cl)c2)CC1. The standard InChI is InChI=1S/C15H17Cl2NO3/c16-12-2-1-11(7-13(12)17)8-14(19)18-5-3-10(4-6-18)9-15(20)21/h1-2,7,10H,3-6,8-9H2,(H,20,21). The van der Waals surface area contributed by atoms with Gasteiger partial charge in [0.25, 0.3) is 0 Å². The first-order chi connectivity index (χ1) is 9.95. The minimum Gasteiger partial charge on any atom is -0.481 e. The van der Waals surface area contributed by atoms with Gasteiger partial charge < -0.3 is 10.0 Å². The molecule has 0 aliphatic carbocycles. The molecule has 0 bridgehead atoms. The maximum atomic E-state index is 12.2. The van der Waals surface area contributed by atoms with Crippen LogP contribution in [0.25, 0.3) is 0 Å². The second kappa shape index (κ2) is 7.14. The van der Waals surface area contributed by atoms with Crippen LogP contribution < -0.4 is 0 Å². The highest BCUT2D eigenvalue weighted by molar-refractivity contribution is 6.42. The van der Waals surface area contributed by atoms with E-state index in [0.29, 0.717) is 29.6 Å². The number of halogens is 2. The number of hydrogen-bond acceptors (Lipinski definition) is 2. The number of nitrogens with zero attached hydrogens (tertiary/aromatic N) is 1. The van der Waals surface area contributed by atoms with Crippen molar-refractivity contribution in [3.05, 3.63) is 33.8 Å². The van der Waals surface area contributed by atoms with Gasteiger partial charge in [0.15, 0.2) is 0 Å². The highest BCUT2D eigenvalue weighted by atomic mass is 35.5. The van der Waals surface area contributed by atoms with Crippen molar-refractivity contribution in [2.75, 3.05) is 13.1 Å². The minimum absolute atomic E-state index is 0.0437. The van der Waals surface area contributed by atoms with Crippen LogP contribution in [0, 0.1) is 5.92 Å². The Morgan fingerprint density at radius 2 is 1.86 bits per heavy atom. The maximum Gasteiger partial charge on any atom is 0.303 e. The summed E-state index contributed by atoms with van der Waals surface area (Å²) < 4.78 is 0. The van der Waals surface area contributed by atoms with Crippen molar-refractivity contribution in [2.24, 2.45) is 5.92 Å². The highest BCUT2D eigenvalue weighted by Gasteiger charge is 2.24. The Morgan fingerprint density at radius 1 is 1.19 bits per heavy atom. The monoisotopic (exact) mass is 329 g/mol. The zero-order chi connectivity index (χ0) is 15.4. The Hall–Kier alpha value is -1.26. The van der Waals surface area contributed by atoms with Crippen LogP contribution in [0.2, 0.25) is 10.0 Å². The fraction of sp³-hybridized carbons (Fsp3) is 0.467. The van der Waals surface area contributed by atoms with E-state index < -0.39 is 5.97 Å². The molecule has 0 atom stereocenters. The summed E-state index contributed by atoms with van der Waals surface area (Å²) in [6.07, 6.45) is 1.98. The number of amides is 1. The molecule has 6 heteroatoms. The second-order valence-corrected chi connectivity index (χ2v) is 6.16. The molecule has 1 saturated heterocycles. The summed E-state index contributed by atoms with van der Waals surface area (Å²) in [7, 11) is 0. The van der Waals surface area contributed by atoms with Gasteiger partial charge in [-0.25, -0.2) is 0 Å². The molecule has 1 aromatic carbocycles. The van der Waals surface area contributed by atoms with E-state index in [1.807, 2.05) is 0 Å². The van der Waals surface area contributed by atoms with E-state index in [9.17, 15) is 9.59 Å². The van der Waals surface area contributed by atoms with Gasteiger partial charge in [-0.2, -0.15) is 0 Å². The van der Waals surface area contributed by atoms with Crippen LogP contribution in [0.15, 0.2) is 18.2 Å². The number of carbonyl (C=O) groups excluding carboxylic acids is 1. The average Bonchev–Trinajstić information content (AvgIpc) is 2.43. The van der Waals surface area contributed by atoms with Crippen LogP contribution in [-0.4, -0.2) is 35.0 Å². The van der Waals surface area contributed by atoms with Crippen molar-refractivity contribution in [1.82, 2.24) is 4.90 Å². The van der Waals surface area contributed by atoms with Gasteiger partial charge in [0.1, 0.15) is 0 Å².